The van der Waals surface area contributed by atoms with Gasteiger partial charge in [0, 0.05) is 19.6 Å². The highest BCUT2D eigenvalue weighted by Gasteiger charge is 2.32. The minimum atomic E-state index is -0.644. The van der Waals surface area contributed by atoms with Crippen molar-refractivity contribution in [1.29, 1.82) is 5.26 Å². The van der Waals surface area contributed by atoms with E-state index in [2.05, 4.69) is 23.2 Å². The van der Waals surface area contributed by atoms with Gasteiger partial charge >= 0.3 is 0 Å². The van der Waals surface area contributed by atoms with E-state index in [0.717, 1.165) is 37.3 Å². The van der Waals surface area contributed by atoms with E-state index in [1.165, 1.54) is 0 Å². The summed E-state index contributed by atoms with van der Waals surface area (Å²) in [6, 6.07) is 8.24. The molecule has 1 aromatic carbocycles. The molecule has 4 heteroatoms. The largest absolute Gasteiger partial charge is 0.388 e. The van der Waals surface area contributed by atoms with Gasteiger partial charge < -0.3 is 15.3 Å². The topological polar surface area (TPSA) is 59.3 Å². The summed E-state index contributed by atoms with van der Waals surface area (Å²) in [5.74, 6) is 0. The Morgan fingerprint density at radius 3 is 2.89 bits per heavy atom. The zero-order valence-corrected chi connectivity index (χ0v) is 11.6. The standard InChI is InChI=1S/C15H21N3O/c1-3-17-10-12-4-5-14(13(8-12)9-16)18-7-6-15(2,19)11-18/h4-5,8,17,19H,3,6-7,10-11H2,1-2H3. The van der Waals surface area contributed by atoms with Gasteiger partial charge in [0.25, 0.3) is 0 Å². The maximum Gasteiger partial charge on any atom is 0.101 e. The molecule has 1 heterocycles. The number of rotatable bonds is 4. The molecule has 1 aromatic rings. The van der Waals surface area contributed by atoms with Crippen LogP contribution < -0.4 is 10.2 Å². The van der Waals surface area contributed by atoms with E-state index in [9.17, 15) is 10.4 Å². The molecule has 2 N–H and O–H groups in total. The van der Waals surface area contributed by atoms with Crippen molar-refractivity contribution in [1.82, 2.24) is 5.32 Å². The molecule has 0 bridgehead atoms. The fraction of sp³-hybridized carbons (Fsp3) is 0.533. The smallest absolute Gasteiger partial charge is 0.101 e. The van der Waals surface area contributed by atoms with Gasteiger partial charge in [0.1, 0.15) is 6.07 Å². The van der Waals surface area contributed by atoms with Crippen molar-refractivity contribution in [3.8, 4) is 6.07 Å². The molecule has 2 rings (SSSR count). The second kappa shape index (κ2) is 5.60. The first-order chi connectivity index (χ1) is 9.05. The maximum atomic E-state index is 10.0. The minimum absolute atomic E-state index is 0.592. The second-order valence-electron chi connectivity index (χ2n) is 5.41. The summed E-state index contributed by atoms with van der Waals surface area (Å²) in [6.07, 6.45) is 0.747. The molecule has 1 atom stereocenters. The lowest BCUT2D eigenvalue weighted by Crippen LogP contribution is -2.30. The van der Waals surface area contributed by atoms with Crippen LogP contribution in [0.15, 0.2) is 18.2 Å². The number of nitriles is 1. The predicted molar refractivity (Wildman–Crippen MR) is 76.0 cm³/mol. The molecule has 0 radical (unpaired) electrons. The van der Waals surface area contributed by atoms with Gasteiger partial charge in [-0.25, -0.2) is 0 Å². The quantitative estimate of drug-likeness (QED) is 0.863. The number of aliphatic hydroxyl groups is 1. The van der Waals surface area contributed by atoms with Crippen LogP contribution in [0.4, 0.5) is 5.69 Å². The number of nitrogens with zero attached hydrogens (tertiary/aromatic N) is 2. The highest BCUT2D eigenvalue weighted by Crippen LogP contribution is 2.29. The van der Waals surface area contributed by atoms with Crippen molar-refractivity contribution in [2.45, 2.75) is 32.4 Å². The van der Waals surface area contributed by atoms with Crippen LogP contribution in [0.5, 0.6) is 0 Å². The third kappa shape index (κ3) is 3.25. The van der Waals surface area contributed by atoms with Gasteiger partial charge in [0.15, 0.2) is 0 Å². The number of nitrogens with one attached hydrogen (secondary N) is 1. The summed E-state index contributed by atoms with van der Waals surface area (Å²) in [6.45, 7) is 6.99. The van der Waals surface area contributed by atoms with Gasteiger partial charge in [0.05, 0.1) is 16.9 Å². The third-order valence-electron chi connectivity index (χ3n) is 3.55. The van der Waals surface area contributed by atoms with E-state index in [4.69, 9.17) is 0 Å². The van der Waals surface area contributed by atoms with Crippen LogP contribution in [-0.4, -0.2) is 30.3 Å². The van der Waals surface area contributed by atoms with Crippen LogP contribution in [0.2, 0.25) is 0 Å². The SMILES string of the molecule is CCNCc1ccc(N2CCC(C)(O)C2)c(C#N)c1. The van der Waals surface area contributed by atoms with Gasteiger partial charge in [-0.05, 0) is 37.6 Å². The Kier molecular flexibility index (Phi) is 4.08. The first kappa shape index (κ1) is 13.9. The van der Waals surface area contributed by atoms with Gasteiger partial charge in [0.2, 0.25) is 0 Å². The van der Waals surface area contributed by atoms with Gasteiger partial charge in [-0.1, -0.05) is 13.0 Å². The van der Waals surface area contributed by atoms with Crippen LogP contribution in [0.3, 0.4) is 0 Å². The summed E-state index contributed by atoms with van der Waals surface area (Å²) >= 11 is 0. The van der Waals surface area contributed by atoms with E-state index in [-0.39, 0.29) is 0 Å². The molecule has 4 nitrogen and oxygen atoms in total. The van der Waals surface area contributed by atoms with E-state index in [0.29, 0.717) is 12.1 Å². The average molecular weight is 259 g/mol. The van der Waals surface area contributed by atoms with Crippen molar-refractivity contribution >= 4 is 5.69 Å². The molecule has 1 fully saturated rings. The van der Waals surface area contributed by atoms with E-state index in [1.54, 1.807) is 0 Å². The van der Waals surface area contributed by atoms with Gasteiger partial charge in [-0.15, -0.1) is 0 Å². The van der Waals surface area contributed by atoms with Gasteiger partial charge in [-0.3, -0.25) is 0 Å². The first-order valence-corrected chi connectivity index (χ1v) is 6.77. The number of hydrogen-bond acceptors (Lipinski definition) is 4. The van der Waals surface area contributed by atoms with Crippen LogP contribution >= 0.6 is 0 Å². The van der Waals surface area contributed by atoms with Crippen molar-refractivity contribution in [2.24, 2.45) is 0 Å². The van der Waals surface area contributed by atoms with Crippen LogP contribution in [0, 0.1) is 11.3 Å². The van der Waals surface area contributed by atoms with Crippen LogP contribution in [0.1, 0.15) is 31.4 Å². The number of anilines is 1. The Balaban J connectivity index is 2.20. The third-order valence-corrected chi connectivity index (χ3v) is 3.55. The fourth-order valence-corrected chi connectivity index (χ4v) is 2.48. The molecule has 1 aliphatic rings. The monoisotopic (exact) mass is 259 g/mol. The van der Waals surface area contributed by atoms with Gasteiger partial charge in [-0.2, -0.15) is 5.26 Å². The van der Waals surface area contributed by atoms with Crippen molar-refractivity contribution in [2.75, 3.05) is 24.5 Å². The Hall–Kier alpha value is -1.57. The molecule has 1 saturated heterocycles. The molecule has 102 valence electrons. The molecule has 1 aliphatic heterocycles. The number of β-amino-alcohol motifs (C(OH)–C–C–N with tert-alkyl or cyclic N) is 1. The highest BCUT2D eigenvalue weighted by atomic mass is 16.3. The Morgan fingerprint density at radius 2 is 2.32 bits per heavy atom. The van der Waals surface area contributed by atoms with Crippen molar-refractivity contribution in [3.63, 3.8) is 0 Å². The Bertz CT molecular complexity index is 491. The molecule has 0 amide bonds. The summed E-state index contributed by atoms with van der Waals surface area (Å²) in [4.78, 5) is 2.09. The van der Waals surface area contributed by atoms with Crippen LogP contribution in [-0.2, 0) is 6.54 Å². The highest BCUT2D eigenvalue weighted by molar-refractivity contribution is 5.61. The normalized spacial score (nSPS) is 22.5. The van der Waals surface area contributed by atoms with Crippen molar-refractivity contribution in [3.05, 3.63) is 29.3 Å². The Morgan fingerprint density at radius 1 is 1.53 bits per heavy atom. The van der Waals surface area contributed by atoms with Crippen LogP contribution in [0.25, 0.3) is 0 Å². The summed E-state index contributed by atoms with van der Waals surface area (Å²) in [5.41, 5.74) is 2.09. The number of benzene rings is 1. The van der Waals surface area contributed by atoms with Crippen molar-refractivity contribution < 1.29 is 5.11 Å². The first-order valence-electron chi connectivity index (χ1n) is 6.77. The fourth-order valence-electron chi connectivity index (χ4n) is 2.48. The average Bonchev–Trinajstić information content (AvgIpc) is 2.76. The minimum Gasteiger partial charge on any atom is -0.388 e. The second-order valence-corrected chi connectivity index (χ2v) is 5.41. The van der Waals surface area contributed by atoms with E-state index in [1.807, 2.05) is 25.1 Å². The molecule has 0 spiro atoms. The van der Waals surface area contributed by atoms with E-state index < -0.39 is 5.60 Å². The lowest BCUT2D eigenvalue weighted by Gasteiger charge is -2.22. The number of hydrogen-bond donors (Lipinski definition) is 2. The molecule has 0 aliphatic carbocycles. The Labute approximate surface area is 114 Å². The molecular formula is C15H21N3O. The van der Waals surface area contributed by atoms with E-state index >= 15 is 0 Å². The zero-order valence-electron chi connectivity index (χ0n) is 11.6. The molecule has 0 aromatic heterocycles. The summed E-state index contributed by atoms with van der Waals surface area (Å²) in [5, 5.41) is 22.6. The lowest BCUT2D eigenvalue weighted by atomic mass is 10.1. The summed E-state index contributed by atoms with van der Waals surface area (Å²) in [7, 11) is 0. The lowest BCUT2D eigenvalue weighted by molar-refractivity contribution is 0.0839. The maximum absolute atomic E-state index is 10.0. The molecule has 19 heavy (non-hydrogen) atoms. The molecule has 1 unspecified atom stereocenters. The molecule has 0 saturated carbocycles. The predicted octanol–water partition coefficient (Wildman–Crippen LogP) is 1.63. The molecular weight excluding hydrogens is 238 g/mol. The summed E-state index contributed by atoms with van der Waals surface area (Å²) < 4.78 is 0. The zero-order chi connectivity index (χ0) is 13.9.